The maximum atomic E-state index is 12.5. The fraction of sp³-hybridized carbons (Fsp3) is 0.500. The lowest BCUT2D eigenvalue weighted by Crippen LogP contribution is -2.39. The van der Waals surface area contributed by atoms with E-state index in [4.69, 9.17) is 9.47 Å². The molecule has 0 fully saturated rings. The Balaban J connectivity index is 2.95. The van der Waals surface area contributed by atoms with Crippen molar-refractivity contribution >= 4 is 11.6 Å². The number of nitrogens with one attached hydrogen (secondary N) is 2. The van der Waals surface area contributed by atoms with Gasteiger partial charge >= 0.3 is 0 Å². The summed E-state index contributed by atoms with van der Waals surface area (Å²) in [5.74, 6) is 0.545. The van der Waals surface area contributed by atoms with Crippen LogP contribution in [-0.4, -0.2) is 25.7 Å². The third kappa shape index (κ3) is 6.67. The van der Waals surface area contributed by atoms with Crippen LogP contribution in [0.5, 0.6) is 11.5 Å². The number of rotatable bonds is 7. The van der Waals surface area contributed by atoms with Crippen LogP contribution in [0.2, 0.25) is 0 Å². The van der Waals surface area contributed by atoms with Gasteiger partial charge in [-0.15, -0.1) is 0 Å². The first kappa shape index (κ1) is 21.4. The Morgan fingerprint density at radius 3 is 2.35 bits per heavy atom. The monoisotopic (exact) mass is 359 g/mol. The lowest BCUT2D eigenvalue weighted by Gasteiger charge is -2.33. The Kier molecular flexibility index (Phi) is 7.08. The number of nitrogens with zero attached hydrogens (tertiary/aromatic N) is 1. The molecule has 0 unspecified atom stereocenters. The second-order valence-corrected chi connectivity index (χ2v) is 7.96. The van der Waals surface area contributed by atoms with Crippen molar-refractivity contribution in [1.82, 2.24) is 5.32 Å². The molecule has 0 spiro atoms. The second-order valence-electron chi connectivity index (χ2n) is 7.96. The Bertz CT molecular complexity index is 710. The topological polar surface area (TPSA) is 83.4 Å². The van der Waals surface area contributed by atoms with Gasteiger partial charge in [0.1, 0.15) is 23.1 Å². The van der Waals surface area contributed by atoms with Crippen LogP contribution < -0.4 is 20.1 Å². The quantitative estimate of drug-likeness (QED) is 0.571. The molecular weight excluding hydrogens is 330 g/mol. The van der Waals surface area contributed by atoms with Crippen molar-refractivity contribution in [3.05, 3.63) is 30.0 Å². The molecule has 1 aromatic rings. The second kappa shape index (κ2) is 8.61. The third-order valence-electron chi connectivity index (χ3n) is 3.60. The van der Waals surface area contributed by atoms with Gasteiger partial charge in [0.05, 0.1) is 19.9 Å². The van der Waals surface area contributed by atoms with Crippen molar-refractivity contribution in [2.45, 2.75) is 46.6 Å². The molecule has 6 nitrogen and oxygen atoms in total. The predicted molar refractivity (Wildman–Crippen MR) is 103 cm³/mol. The number of benzene rings is 1. The van der Waals surface area contributed by atoms with Crippen LogP contribution >= 0.6 is 0 Å². The number of carbonyl (C=O) groups is 1. The zero-order valence-electron chi connectivity index (χ0n) is 16.7. The molecule has 6 heteroatoms. The van der Waals surface area contributed by atoms with Crippen LogP contribution in [0.15, 0.2) is 30.0 Å². The molecule has 2 N–H and O–H groups in total. The minimum Gasteiger partial charge on any atom is -0.497 e. The van der Waals surface area contributed by atoms with Crippen LogP contribution in [0.1, 0.15) is 41.0 Å². The molecule has 0 heterocycles. The van der Waals surface area contributed by atoms with Gasteiger partial charge in [0.25, 0.3) is 5.91 Å². The highest BCUT2D eigenvalue weighted by Gasteiger charge is 2.24. The van der Waals surface area contributed by atoms with E-state index in [1.54, 1.807) is 18.2 Å². The van der Waals surface area contributed by atoms with Gasteiger partial charge in [0.15, 0.2) is 0 Å². The van der Waals surface area contributed by atoms with E-state index < -0.39 is 5.91 Å². The average Bonchev–Trinajstić information content (AvgIpc) is 2.52. The van der Waals surface area contributed by atoms with Gasteiger partial charge in [-0.25, -0.2) is 0 Å². The maximum absolute atomic E-state index is 12.5. The molecular formula is C20H29N3O3. The highest BCUT2D eigenvalue weighted by Crippen LogP contribution is 2.29. The van der Waals surface area contributed by atoms with E-state index in [9.17, 15) is 10.1 Å². The van der Waals surface area contributed by atoms with Crippen LogP contribution in [0.4, 0.5) is 5.69 Å². The molecule has 1 amide bonds. The fourth-order valence-electron chi connectivity index (χ4n) is 2.89. The van der Waals surface area contributed by atoms with Gasteiger partial charge in [-0.3, -0.25) is 4.79 Å². The first-order chi connectivity index (χ1) is 12.0. The molecule has 142 valence electrons. The number of carbonyl (C=O) groups excluding carboxylic acids is 1. The molecule has 0 radical (unpaired) electrons. The summed E-state index contributed by atoms with van der Waals surface area (Å²) in [5.41, 5.74) is 0.283. The molecule has 0 aromatic heterocycles. The predicted octanol–water partition coefficient (Wildman–Crippen LogP) is 3.85. The van der Waals surface area contributed by atoms with Gasteiger partial charge < -0.3 is 20.1 Å². The van der Waals surface area contributed by atoms with E-state index >= 15 is 0 Å². The van der Waals surface area contributed by atoms with Crippen molar-refractivity contribution in [2.75, 3.05) is 19.5 Å². The fourth-order valence-corrected chi connectivity index (χ4v) is 2.89. The van der Waals surface area contributed by atoms with E-state index in [2.05, 4.69) is 31.4 Å². The van der Waals surface area contributed by atoms with E-state index in [0.29, 0.717) is 17.2 Å². The highest BCUT2D eigenvalue weighted by molar-refractivity contribution is 6.07. The molecule has 26 heavy (non-hydrogen) atoms. The van der Waals surface area contributed by atoms with Gasteiger partial charge in [-0.1, -0.05) is 20.8 Å². The summed E-state index contributed by atoms with van der Waals surface area (Å²) >= 11 is 0. The Morgan fingerprint density at radius 2 is 1.85 bits per heavy atom. The average molecular weight is 359 g/mol. The van der Waals surface area contributed by atoms with Crippen molar-refractivity contribution < 1.29 is 14.3 Å². The Morgan fingerprint density at radius 1 is 1.19 bits per heavy atom. The molecule has 0 aliphatic carbocycles. The normalized spacial score (nSPS) is 12.2. The van der Waals surface area contributed by atoms with Crippen LogP contribution in [0, 0.1) is 16.7 Å². The molecule has 0 aliphatic rings. The van der Waals surface area contributed by atoms with Crippen molar-refractivity contribution in [3.8, 4) is 17.6 Å². The van der Waals surface area contributed by atoms with E-state index in [1.807, 2.05) is 19.9 Å². The molecule has 1 aromatic carbocycles. The summed E-state index contributed by atoms with van der Waals surface area (Å²) in [5, 5.41) is 15.2. The summed E-state index contributed by atoms with van der Waals surface area (Å²) in [6.45, 7) is 10.5. The minimum atomic E-state index is -0.516. The standard InChI is InChI=1S/C20H29N3O3/c1-19(2,3)13-20(4,5)22-12-14(11-21)18(24)23-16-10-15(25-6)8-9-17(16)26-7/h8-10,12,22H,13H2,1-7H3,(H,23,24)/b14-12-. The van der Waals surface area contributed by atoms with Crippen LogP contribution in [-0.2, 0) is 4.79 Å². The number of hydrogen-bond acceptors (Lipinski definition) is 5. The SMILES string of the molecule is COc1ccc(OC)c(NC(=O)/C(C#N)=C\NC(C)(C)CC(C)(C)C)c1. The first-order valence-electron chi connectivity index (χ1n) is 8.42. The summed E-state index contributed by atoms with van der Waals surface area (Å²) < 4.78 is 10.4. The summed E-state index contributed by atoms with van der Waals surface area (Å²) in [7, 11) is 3.05. The lowest BCUT2D eigenvalue weighted by molar-refractivity contribution is -0.112. The summed E-state index contributed by atoms with van der Waals surface area (Å²) in [6.07, 6.45) is 2.34. The van der Waals surface area contributed by atoms with Gasteiger partial charge in [-0.05, 0) is 37.8 Å². The number of amides is 1. The van der Waals surface area contributed by atoms with Crippen LogP contribution in [0.3, 0.4) is 0 Å². The van der Waals surface area contributed by atoms with Gasteiger partial charge in [0.2, 0.25) is 0 Å². The highest BCUT2D eigenvalue weighted by atomic mass is 16.5. The molecule has 0 saturated carbocycles. The van der Waals surface area contributed by atoms with Gasteiger partial charge in [0, 0.05) is 17.8 Å². The molecule has 0 atom stereocenters. The smallest absolute Gasteiger partial charge is 0.267 e. The zero-order valence-corrected chi connectivity index (χ0v) is 16.7. The minimum absolute atomic E-state index is 0.0168. The number of methoxy groups -OCH3 is 2. The van der Waals surface area contributed by atoms with E-state index in [0.717, 1.165) is 6.42 Å². The van der Waals surface area contributed by atoms with E-state index in [-0.39, 0.29) is 16.5 Å². The Hall–Kier alpha value is -2.68. The first-order valence-corrected chi connectivity index (χ1v) is 8.42. The van der Waals surface area contributed by atoms with Crippen LogP contribution in [0.25, 0.3) is 0 Å². The van der Waals surface area contributed by atoms with Crippen molar-refractivity contribution in [2.24, 2.45) is 5.41 Å². The van der Waals surface area contributed by atoms with Gasteiger partial charge in [-0.2, -0.15) is 5.26 Å². The third-order valence-corrected chi connectivity index (χ3v) is 3.60. The molecule has 0 bridgehead atoms. The zero-order chi connectivity index (χ0) is 20.0. The summed E-state index contributed by atoms with van der Waals surface area (Å²) in [4.78, 5) is 12.5. The number of ether oxygens (including phenoxy) is 2. The maximum Gasteiger partial charge on any atom is 0.267 e. The Labute approximate surface area is 156 Å². The molecule has 1 rings (SSSR count). The molecule has 0 saturated heterocycles. The number of anilines is 1. The number of hydrogen-bond donors (Lipinski definition) is 2. The largest absolute Gasteiger partial charge is 0.497 e. The summed E-state index contributed by atoms with van der Waals surface area (Å²) in [6, 6.07) is 7.00. The van der Waals surface area contributed by atoms with Crippen molar-refractivity contribution in [3.63, 3.8) is 0 Å². The molecule has 0 aliphatic heterocycles. The lowest BCUT2D eigenvalue weighted by atomic mass is 9.82. The number of nitriles is 1. The van der Waals surface area contributed by atoms with E-state index in [1.165, 1.54) is 20.4 Å². The van der Waals surface area contributed by atoms with Crippen molar-refractivity contribution in [1.29, 1.82) is 5.26 Å².